The van der Waals surface area contributed by atoms with Crippen LogP contribution in [-0.2, 0) is 15.2 Å². The summed E-state index contributed by atoms with van der Waals surface area (Å²) >= 11 is 0. The highest BCUT2D eigenvalue weighted by Gasteiger charge is 2.65. The van der Waals surface area contributed by atoms with Gasteiger partial charge in [0.1, 0.15) is 0 Å². The molecular weight excluding hydrogens is 422 g/mol. The van der Waals surface area contributed by atoms with Crippen molar-refractivity contribution in [2.45, 2.75) is 46.3 Å². The fraction of sp³-hybridized carbons (Fsp3) is 0.333. The average Bonchev–Trinajstić information content (AvgIpc) is 3.36. The molecule has 0 bridgehead atoms. The van der Waals surface area contributed by atoms with Crippen molar-refractivity contribution in [3.05, 3.63) is 95.6 Å². The Balaban J connectivity index is 1.70. The average molecular weight is 456 g/mol. The van der Waals surface area contributed by atoms with E-state index in [9.17, 15) is 14.7 Å². The van der Waals surface area contributed by atoms with Gasteiger partial charge >= 0.3 is 0 Å². The number of aliphatic hydroxyl groups is 1. The van der Waals surface area contributed by atoms with E-state index >= 15 is 0 Å². The number of carbonyl (C=O) groups excluding carboxylic acids is 2. The van der Waals surface area contributed by atoms with Gasteiger partial charge in [-0.25, -0.2) is 0 Å². The number of fused-ring (bicyclic) bond motifs is 1. The van der Waals surface area contributed by atoms with Crippen LogP contribution < -0.4 is 5.32 Å². The first-order valence-corrected chi connectivity index (χ1v) is 11.8. The molecule has 0 heterocycles. The summed E-state index contributed by atoms with van der Waals surface area (Å²) in [5.41, 5.74) is -0.249. The maximum Gasteiger partial charge on any atom is 0.265 e. The third-order valence-electron chi connectivity index (χ3n) is 7.22. The zero-order valence-corrected chi connectivity index (χ0v) is 20.5. The lowest BCUT2D eigenvalue weighted by Gasteiger charge is -2.29. The van der Waals surface area contributed by atoms with Crippen molar-refractivity contribution in [3.63, 3.8) is 0 Å². The standard InChI is InChI=1S/C30H33NO3/c1-19(2)18-25-26(29(25,4)5)27(32)30(34,22-14-7-6-8-15-22)28(33)31-20(3)23-17-11-13-21-12-9-10-16-24(21)23/h6-18,20,25-26,34H,1-5H3,(H,31,33)/t20-,25?,26?,30+/m1/s1. The van der Waals surface area contributed by atoms with Crippen molar-refractivity contribution >= 4 is 22.5 Å². The molecule has 1 aliphatic carbocycles. The molecule has 0 aliphatic heterocycles. The molecule has 4 atom stereocenters. The summed E-state index contributed by atoms with van der Waals surface area (Å²) in [7, 11) is 0. The minimum absolute atomic E-state index is 0.0106. The summed E-state index contributed by atoms with van der Waals surface area (Å²) in [6.07, 6.45) is 2.07. The number of nitrogens with one attached hydrogen (secondary N) is 1. The molecule has 176 valence electrons. The molecule has 1 saturated carbocycles. The third-order valence-corrected chi connectivity index (χ3v) is 7.22. The molecule has 1 aliphatic rings. The Labute approximate surface area is 201 Å². The van der Waals surface area contributed by atoms with E-state index in [1.54, 1.807) is 30.3 Å². The van der Waals surface area contributed by atoms with Crippen LogP contribution in [0.4, 0.5) is 0 Å². The van der Waals surface area contributed by atoms with E-state index in [2.05, 4.69) is 11.4 Å². The van der Waals surface area contributed by atoms with Crippen molar-refractivity contribution in [3.8, 4) is 0 Å². The molecule has 4 nitrogen and oxygen atoms in total. The molecule has 4 heteroatoms. The predicted octanol–water partition coefficient (Wildman–Crippen LogP) is 5.71. The molecule has 4 rings (SSSR count). The number of rotatable bonds is 7. The number of ketones is 1. The van der Waals surface area contributed by atoms with Gasteiger partial charge in [-0.2, -0.15) is 0 Å². The van der Waals surface area contributed by atoms with Crippen molar-refractivity contribution in [2.75, 3.05) is 0 Å². The maximum atomic E-state index is 13.9. The summed E-state index contributed by atoms with van der Waals surface area (Å²) in [4.78, 5) is 27.6. The summed E-state index contributed by atoms with van der Waals surface area (Å²) in [5, 5.41) is 16.9. The highest BCUT2D eigenvalue weighted by atomic mass is 16.3. The van der Waals surface area contributed by atoms with Crippen LogP contribution in [-0.4, -0.2) is 16.8 Å². The van der Waals surface area contributed by atoms with Crippen LogP contribution in [0.15, 0.2) is 84.4 Å². The van der Waals surface area contributed by atoms with Gasteiger partial charge in [-0.05, 0) is 48.4 Å². The van der Waals surface area contributed by atoms with Crippen LogP contribution >= 0.6 is 0 Å². The van der Waals surface area contributed by atoms with E-state index < -0.39 is 29.3 Å². The summed E-state index contributed by atoms with van der Waals surface area (Å²) < 4.78 is 0. The van der Waals surface area contributed by atoms with Crippen molar-refractivity contribution in [2.24, 2.45) is 17.3 Å². The van der Waals surface area contributed by atoms with Crippen LogP contribution in [0.5, 0.6) is 0 Å². The Kier molecular flexibility index (Phi) is 6.22. The van der Waals surface area contributed by atoms with Gasteiger partial charge in [-0.15, -0.1) is 0 Å². The first kappa shape index (κ1) is 23.9. The molecule has 1 amide bonds. The van der Waals surface area contributed by atoms with Gasteiger partial charge in [0.2, 0.25) is 5.60 Å². The number of carbonyl (C=O) groups is 2. The molecule has 3 aromatic carbocycles. The van der Waals surface area contributed by atoms with Crippen LogP contribution in [0, 0.1) is 17.3 Å². The van der Waals surface area contributed by atoms with E-state index in [1.807, 2.05) is 77.1 Å². The Morgan fingerprint density at radius 2 is 1.59 bits per heavy atom. The zero-order valence-electron chi connectivity index (χ0n) is 20.5. The van der Waals surface area contributed by atoms with E-state index in [0.29, 0.717) is 5.56 Å². The van der Waals surface area contributed by atoms with E-state index in [1.165, 1.54) is 0 Å². The number of hydrogen-bond acceptors (Lipinski definition) is 3. The topological polar surface area (TPSA) is 66.4 Å². The molecule has 3 aromatic rings. The largest absolute Gasteiger partial charge is 0.370 e. The van der Waals surface area contributed by atoms with Gasteiger partial charge in [-0.3, -0.25) is 9.59 Å². The van der Waals surface area contributed by atoms with Crippen LogP contribution in [0.1, 0.15) is 51.8 Å². The highest BCUT2D eigenvalue weighted by Crippen LogP contribution is 2.61. The highest BCUT2D eigenvalue weighted by molar-refractivity contribution is 6.12. The van der Waals surface area contributed by atoms with Gasteiger partial charge in [-0.1, -0.05) is 98.3 Å². The normalized spacial score (nSPS) is 21.2. The Bertz CT molecular complexity index is 1250. The quantitative estimate of drug-likeness (QED) is 0.354. The lowest BCUT2D eigenvalue weighted by atomic mass is 9.84. The summed E-state index contributed by atoms with van der Waals surface area (Å²) in [5.74, 6) is -1.59. The molecular formula is C30H33NO3. The van der Waals surface area contributed by atoms with Crippen LogP contribution in [0.3, 0.4) is 0 Å². The van der Waals surface area contributed by atoms with Gasteiger partial charge in [0, 0.05) is 11.5 Å². The van der Waals surface area contributed by atoms with Crippen molar-refractivity contribution < 1.29 is 14.7 Å². The fourth-order valence-electron chi connectivity index (χ4n) is 5.15. The monoisotopic (exact) mass is 455 g/mol. The van der Waals surface area contributed by atoms with Crippen molar-refractivity contribution in [1.82, 2.24) is 5.32 Å². The number of Topliss-reactive ketones (excluding diaryl/α,β-unsaturated/α-hetero) is 1. The molecule has 0 saturated heterocycles. The zero-order chi connectivity index (χ0) is 24.7. The first-order valence-electron chi connectivity index (χ1n) is 11.8. The maximum absolute atomic E-state index is 13.9. The molecule has 1 fully saturated rings. The SMILES string of the molecule is CC(C)=CC1C(C(=O)[C@](O)(C(=O)N[C@H](C)c2cccc3ccccc23)c2ccccc2)C1(C)C. The van der Waals surface area contributed by atoms with Crippen LogP contribution in [0.2, 0.25) is 0 Å². The van der Waals surface area contributed by atoms with E-state index in [0.717, 1.165) is 21.9 Å². The second-order valence-electron chi connectivity index (χ2n) is 10.3. The molecule has 0 spiro atoms. The van der Waals surface area contributed by atoms with Gasteiger partial charge in [0.15, 0.2) is 5.78 Å². The van der Waals surface area contributed by atoms with Crippen molar-refractivity contribution in [1.29, 1.82) is 0 Å². The molecule has 2 unspecified atom stereocenters. The number of benzene rings is 3. The Morgan fingerprint density at radius 3 is 2.26 bits per heavy atom. The van der Waals surface area contributed by atoms with Crippen LogP contribution in [0.25, 0.3) is 10.8 Å². The third kappa shape index (κ3) is 4.07. The van der Waals surface area contributed by atoms with E-state index in [-0.39, 0.29) is 11.3 Å². The molecule has 0 aromatic heterocycles. The molecule has 2 N–H and O–H groups in total. The smallest absolute Gasteiger partial charge is 0.265 e. The second-order valence-corrected chi connectivity index (χ2v) is 10.3. The fourth-order valence-corrected chi connectivity index (χ4v) is 5.15. The van der Waals surface area contributed by atoms with Gasteiger partial charge in [0.25, 0.3) is 5.91 Å². The number of allylic oxidation sites excluding steroid dienone is 2. The minimum atomic E-state index is -2.27. The Morgan fingerprint density at radius 1 is 0.971 bits per heavy atom. The number of amides is 1. The molecule has 34 heavy (non-hydrogen) atoms. The molecule has 0 radical (unpaired) electrons. The van der Waals surface area contributed by atoms with Gasteiger partial charge < -0.3 is 10.4 Å². The second kappa shape index (κ2) is 8.84. The minimum Gasteiger partial charge on any atom is -0.370 e. The van der Waals surface area contributed by atoms with Gasteiger partial charge in [0.05, 0.1) is 6.04 Å². The summed E-state index contributed by atoms with van der Waals surface area (Å²) in [6, 6.07) is 22.1. The predicted molar refractivity (Wildman–Crippen MR) is 136 cm³/mol. The Hall–Kier alpha value is -3.24. The van der Waals surface area contributed by atoms with E-state index in [4.69, 9.17) is 0 Å². The first-order chi connectivity index (χ1) is 16.1. The number of hydrogen-bond donors (Lipinski definition) is 2. The summed E-state index contributed by atoms with van der Waals surface area (Å²) in [6.45, 7) is 9.90. The lowest BCUT2D eigenvalue weighted by molar-refractivity contribution is -0.155. The lowest BCUT2D eigenvalue weighted by Crippen LogP contribution is -2.52.